The summed E-state index contributed by atoms with van der Waals surface area (Å²) in [7, 11) is 3.90. The van der Waals surface area contributed by atoms with Gasteiger partial charge in [-0.05, 0) is 32.9 Å². The largest absolute Gasteiger partial charge is 0.481 e. The Kier molecular flexibility index (Phi) is 9.00. The van der Waals surface area contributed by atoms with Crippen LogP contribution in [0.1, 0.15) is 26.2 Å². The van der Waals surface area contributed by atoms with Crippen LogP contribution >= 0.6 is 0 Å². The predicted molar refractivity (Wildman–Crippen MR) is 70.6 cm³/mol. The topological polar surface area (TPSA) is 81.7 Å². The quantitative estimate of drug-likeness (QED) is 0.570. The molecule has 0 bridgehead atoms. The number of likely N-dealkylation sites (N-methyl/N-ethyl adjacent to an activating group) is 1. The maximum absolute atomic E-state index is 11.3. The fourth-order valence-corrected chi connectivity index (χ4v) is 1.40. The first kappa shape index (κ1) is 16.7. The summed E-state index contributed by atoms with van der Waals surface area (Å²) in [6.07, 6.45) is 1.64. The van der Waals surface area contributed by atoms with Crippen LogP contribution in [0, 0.1) is 5.92 Å². The predicted octanol–water partition coefficient (Wildman–Crippen LogP) is 0.738. The summed E-state index contributed by atoms with van der Waals surface area (Å²) < 4.78 is 0. The van der Waals surface area contributed by atoms with Crippen LogP contribution in [0.4, 0.5) is 4.79 Å². The molecule has 6 nitrogen and oxygen atoms in total. The van der Waals surface area contributed by atoms with E-state index in [1.165, 1.54) is 0 Å². The van der Waals surface area contributed by atoms with E-state index < -0.39 is 5.97 Å². The number of hydrogen-bond acceptors (Lipinski definition) is 3. The van der Waals surface area contributed by atoms with Gasteiger partial charge in [0.2, 0.25) is 0 Å². The van der Waals surface area contributed by atoms with E-state index in [0.717, 1.165) is 13.0 Å². The summed E-state index contributed by atoms with van der Waals surface area (Å²) in [6.45, 7) is 4.00. The van der Waals surface area contributed by atoms with Crippen molar-refractivity contribution in [1.29, 1.82) is 0 Å². The van der Waals surface area contributed by atoms with Crippen LogP contribution in [0.3, 0.4) is 0 Å². The molecular weight excluding hydrogens is 234 g/mol. The van der Waals surface area contributed by atoms with E-state index in [9.17, 15) is 9.59 Å². The second-order valence-corrected chi connectivity index (χ2v) is 4.81. The van der Waals surface area contributed by atoms with Gasteiger partial charge in [-0.3, -0.25) is 4.79 Å². The zero-order valence-corrected chi connectivity index (χ0v) is 11.5. The van der Waals surface area contributed by atoms with E-state index in [1.54, 1.807) is 0 Å². The van der Waals surface area contributed by atoms with Crippen molar-refractivity contribution in [2.24, 2.45) is 5.92 Å². The first-order valence-corrected chi connectivity index (χ1v) is 6.30. The van der Waals surface area contributed by atoms with E-state index in [1.807, 2.05) is 25.9 Å². The molecule has 0 saturated heterocycles. The van der Waals surface area contributed by atoms with E-state index >= 15 is 0 Å². The van der Waals surface area contributed by atoms with Gasteiger partial charge in [0, 0.05) is 26.1 Å². The zero-order chi connectivity index (χ0) is 14.0. The van der Waals surface area contributed by atoms with Gasteiger partial charge in [-0.25, -0.2) is 4.79 Å². The molecule has 0 saturated carbocycles. The molecule has 0 aromatic carbocycles. The lowest BCUT2D eigenvalue weighted by molar-refractivity contribution is -0.137. The summed E-state index contributed by atoms with van der Waals surface area (Å²) in [6, 6.07) is -0.165. The van der Waals surface area contributed by atoms with Crippen LogP contribution in [0.5, 0.6) is 0 Å². The van der Waals surface area contributed by atoms with Crippen molar-refractivity contribution >= 4 is 12.0 Å². The normalized spacial score (nSPS) is 12.2. The molecule has 1 unspecified atom stereocenters. The second-order valence-electron chi connectivity index (χ2n) is 4.81. The molecule has 6 heteroatoms. The number of urea groups is 1. The van der Waals surface area contributed by atoms with Crippen molar-refractivity contribution in [3.63, 3.8) is 0 Å². The highest BCUT2D eigenvalue weighted by Gasteiger charge is 2.06. The Morgan fingerprint density at radius 3 is 2.33 bits per heavy atom. The van der Waals surface area contributed by atoms with Gasteiger partial charge in [-0.15, -0.1) is 0 Å². The molecule has 3 N–H and O–H groups in total. The minimum absolute atomic E-state index is 0.165. The summed E-state index contributed by atoms with van der Waals surface area (Å²) in [5.74, 6) is -0.459. The number of amides is 2. The van der Waals surface area contributed by atoms with E-state index in [4.69, 9.17) is 5.11 Å². The molecule has 0 spiro atoms. The highest BCUT2D eigenvalue weighted by atomic mass is 16.4. The minimum atomic E-state index is -0.767. The molecule has 0 aliphatic heterocycles. The van der Waals surface area contributed by atoms with Crippen molar-refractivity contribution in [2.45, 2.75) is 26.2 Å². The fourth-order valence-electron chi connectivity index (χ4n) is 1.40. The maximum Gasteiger partial charge on any atom is 0.314 e. The summed E-state index contributed by atoms with van der Waals surface area (Å²) in [5.41, 5.74) is 0. The Balaban J connectivity index is 3.46. The molecule has 2 amide bonds. The SMILES string of the molecule is CC(CCNC(=O)NCCN(C)C)CCC(=O)O. The first-order valence-electron chi connectivity index (χ1n) is 6.30. The highest BCUT2D eigenvalue weighted by molar-refractivity contribution is 5.73. The zero-order valence-electron chi connectivity index (χ0n) is 11.5. The lowest BCUT2D eigenvalue weighted by atomic mass is 10.0. The Bertz CT molecular complexity index is 257. The number of carboxylic acids is 1. The molecule has 18 heavy (non-hydrogen) atoms. The monoisotopic (exact) mass is 259 g/mol. The van der Waals surface area contributed by atoms with Crippen LogP contribution in [0.25, 0.3) is 0 Å². The number of carboxylic acid groups (broad SMARTS) is 1. The standard InChI is InChI=1S/C12H25N3O3/c1-10(4-5-11(16)17)6-7-13-12(18)14-8-9-15(2)3/h10H,4-9H2,1-3H3,(H,16,17)(H2,13,14,18). The molecule has 0 rings (SSSR count). The van der Waals surface area contributed by atoms with Crippen molar-refractivity contribution < 1.29 is 14.7 Å². The molecule has 0 aromatic rings. The molecule has 1 atom stereocenters. The van der Waals surface area contributed by atoms with Gasteiger partial charge in [-0.2, -0.15) is 0 Å². The van der Waals surface area contributed by atoms with E-state index in [2.05, 4.69) is 10.6 Å². The number of hydrogen-bond donors (Lipinski definition) is 3. The van der Waals surface area contributed by atoms with Crippen molar-refractivity contribution in [3.8, 4) is 0 Å². The fraction of sp³-hybridized carbons (Fsp3) is 0.833. The molecule has 0 radical (unpaired) electrons. The Labute approximate surface area is 109 Å². The van der Waals surface area contributed by atoms with Crippen LogP contribution in [0.15, 0.2) is 0 Å². The van der Waals surface area contributed by atoms with Gasteiger partial charge in [0.25, 0.3) is 0 Å². The van der Waals surface area contributed by atoms with Gasteiger partial charge in [0.05, 0.1) is 0 Å². The van der Waals surface area contributed by atoms with Crippen molar-refractivity contribution in [3.05, 3.63) is 0 Å². The van der Waals surface area contributed by atoms with Gasteiger partial charge in [-0.1, -0.05) is 6.92 Å². The van der Waals surface area contributed by atoms with Crippen molar-refractivity contribution in [1.82, 2.24) is 15.5 Å². The molecule has 0 aliphatic rings. The van der Waals surface area contributed by atoms with Crippen LogP contribution in [0.2, 0.25) is 0 Å². The lowest BCUT2D eigenvalue weighted by Crippen LogP contribution is -2.39. The summed E-state index contributed by atoms with van der Waals surface area (Å²) in [5, 5.41) is 14.0. The highest BCUT2D eigenvalue weighted by Crippen LogP contribution is 2.08. The lowest BCUT2D eigenvalue weighted by Gasteiger charge is -2.13. The van der Waals surface area contributed by atoms with Crippen LogP contribution in [-0.4, -0.2) is 55.7 Å². The summed E-state index contributed by atoms with van der Waals surface area (Å²) >= 11 is 0. The van der Waals surface area contributed by atoms with Gasteiger partial charge in [0.15, 0.2) is 0 Å². The van der Waals surface area contributed by atoms with Crippen LogP contribution in [-0.2, 0) is 4.79 Å². The Hall–Kier alpha value is -1.30. The summed E-state index contributed by atoms with van der Waals surface area (Å²) in [4.78, 5) is 23.7. The molecule has 106 valence electrons. The average Bonchev–Trinajstić information content (AvgIpc) is 2.25. The molecule has 0 aromatic heterocycles. The molecule has 0 aliphatic carbocycles. The van der Waals surface area contributed by atoms with Gasteiger partial charge >= 0.3 is 12.0 Å². The Morgan fingerprint density at radius 1 is 1.17 bits per heavy atom. The third kappa shape index (κ3) is 11.2. The number of nitrogens with zero attached hydrogens (tertiary/aromatic N) is 1. The molecule has 0 heterocycles. The van der Waals surface area contributed by atoms with Crippen molar-refractivity contribution in [2.75, 3.05) is 33.7 Å². The first-order chi connectivity index (χ1) is 8.41. The maximum atomic E-state index is 11.3. The van der Waals surface area contributed by atoms with Gasteiger partial charge in [0.1, 0.15) is 0 Å². The number of carbonyl (C=O) groups excluding carboxylic acids is 1. The molecule has 0 fully saturated rings. The van der Waals surface area contributed by atoms with E-state index in [0.29, 0.717) is 25.4 Å². The third-order valence-corrected chi connectivity index (χ3v) is 2.62. The number of rotatable bonds is 9. The average molecular weight is 259 g/mol. The number of carbonyl (C=O) groups is 2. The number of nitrogens with one attached hydrogen (secondary N) is 2. The van der Waals surface area contributed by atoms with E-state index in [-0.39, 0.29) is 12.5 Å². The van der Waals surface area contributed by atoms with Gasteiger partial charge < -0.3 is 20.6 Å². The molecular formula is C12H25N3O3. The Morgan fingerprint density at radius 2 is 1.78 bits per heavy atom. The smallest absolute Gasteiger partial charge is 0.314 e. The third-order valence-electron chi connectivity index (χ3n) is 2.62. The van der Waals surface area contributed by atoms with Crippen LogP contribution < -0.4 is 10.6 Å². The second kappa shape index (κ2) is 9.70. The number of aliphatic carboxylic acids is 1. The minimum Gasteiger partial charge on any atom is -0.481 e.